The van der Waals surface area contributed by atoms with Crippen molar-refractivity contribution in [1.29, 1.82) is 0 Å². The van der Waals surface area contributed by atoms with E-state index in [1.54, 1.807) is 18.6 Å². The Hall–Kier alpha value is -0.880. The van der Waals surface area contributed by atoms with E-state index in [0.29, 0.717) is 14.7 Å². The van der Waals surface area contributed by atoms with Gasteiger partial charge < -0.3 is 4.57 Å². The van der Waals surface area contributed by atoms with Gasteiger partial charge in [0.15, 0.2) is 11.0 Å². The molecule has 0 amide bonds. The van der Waals surface area contributed by atoms with E-state index in [2.05, 4.69) is 25.9 Å². The lowest BCUT2D eigenvalue weighted by Gasteiger charge is -2.02. The van der Waals surface area contributed by atoms with Crippen molar-refractivity contribution in [3.05, 3.63) is 34.9 Å². The van der Waals surface area contributed by atoms with E-state index in [-0.39, 0.29) is 5.82 Å². The van der Waals surface area contributed by atoms with Crippen LogP contribution in [0.15, 0.2) is 39.3 Å². The summed E-state index contributed by atoms with van der Waals surface area (Å²) in [5, 5.41) is 1.04. The molecule has 3 nitrogen and oxygen atoms in total. The third-order valence-corrected chi connectivity index (χ3v) is 3.24. The first kappa shape index (κ1) is 10.6. The van der Waals surface area contributed by atoms with Gasteiger partial charge >= 0.3 is 0 Å². The van der Waals surface area contributed by atoms with Crippen LogP contribution >= 0.6 is 27.7 Å². The zero-order chi connectivity index (χ0) is 10.8. The number of aromatic nitrogens is 3. The van der Waals surface area contributed by atoms with E-state index in [4.69, 9.17) is 0 Å². The van der Waals surface area contributed by atoms with Crippen LogP contribution in [0.2, 0.25) is 0 Å². The summed E-state index contributed by atoms with van der Waals surface area (Å²) < 4.78 is 15.9. The van der Waals surface area contributed by atoms with Crippen LogP contribution in [0.4, 0.5) is 4.39 Å². The highest BCUT2D eigenvalue weighted by atomic mass is 79.9. The van der Waals surface area contributed by atoms with Gasteiger partial charge in [-0.05, 0) is 33.8 Å². The van der Waals surface area contributed by atoms with Crippen molar-refractivity contribution < 1.29 is 4.39 Å². The highest BCUT2D eigenvalue weighted by Gasteiger charge is 2.09. The fraction of sp³-hybridized carbons (Fsp3) is 0.111. The van der Waals surface area contributed by atoms with E-state index >= 15 is 0 Å². The summed E-state index contributed by atoms with van der Waals surface area (Å²) in [5.74, 6) is -0.350. The van der Waals surface area contributed by atoms with Gasteiger partial charge in [0.05, 0.1) is 0 Å². The van der Waals surface area contributed by atoms with Gasteiger partial charge in [0, 0.05) is 30.1 Å². The molecular weight excluding hydrogens is 281 g/mol. The predicted octanol–water partition coefficient (Wildman–Crippen LogP) is 2.87. The average Bonchev–Trinajstić information content (AvgIpc) is 2.57. The third-order valence-electron chi connectivity index (χ3n) is 1.74. The van der Waals surface area contributed by atoms with E-state index in [1.807, 2.05) is 11.6 Å². The summed E-state index contributed by atoms with van der Waals surface area (Å²) in [5.41, 5.74) is 0. The second-order valence-electron chi connectivity index (χ2n) is 2.86. The fourth-order valence-corrected chi connectivity index (χ4v) is 2.07. The molecule has 0 fully saturated rings. The van der Waals surface area contributed by atoms with Crippen molar-refractivity contribution in [2.24, 2.45) is 7.05 Å². The molecule has 0 bridgehead atoms. The number of pyridine rings is 1. The van der Waals surface area contributed by atoms with Crippen LogP contribution in [-0.4, -0.2) is 14.5 Å². The molecule has 2 aromatic rings. The molecule has 0 radical (unpaired) electrons. The molecule has 0 spiro atoms. The van der Waals surface area contributed by atoms with Crippen molar-refractivity contribution in [2.75, 3.05) is 0 Å². The second-order valence-corrected chi connectivity index (χ2v) is 4.73. The summed E-state index contributed by atoms with van der Waals surface area (Å²) in [7, 11) is 1.85. The van der Waals surface area contributed by atoms with Gasteiger partial charge in [-0.15, -0.1) is 0 Å². The van der Waals surface area contributed by atoms with Gasteiger partial charge in [-0.1, -0.05) is 0 Å². The van der Waals surface area contributed by atoms with Crippen molar-refractivity contribution in [3.8, 4) is 0 Å². The summed E-state index contributed by atoms with van der Waals surface area (Å²) in [4.78, 5) is 8.06. The number of halogens is 2. The number of rotatable bonds is 2. The summed E-state index contributed by atoms with van der Waals surface area (Å²) in [6.07, 6.45) is 5.03. The number of imidazole rings is 1. The van der Waals surface area contributed by atoms with Crippen LogP contribution in [-0.2, 0) is 7.05 Å². The standard InChI is InChI=1S/C9H7BrFN3S/c1-14-3-2-12-9(14)15-8-7(11)4-6(10)5-13-8/h2-5H,1H3. The first-order valence-electron chi connectivity index (χ1n) is 4.13. The lowest BCUT2D eigenvalue weighted by molar-refractivity contribution is 0.586. The first-order chi connectivity index (χ1) is 7.16. The number of aryl methyl sites for hydroxylation is 1. The molecule has 0 saturated carbocycles. The Balaban J connectivity index is 2.29. The topological polar surface area (TPSA) is 30.7 Å². The molecule has 0 unspecified atom stereocenters. The molecule has 0 aliphatic rings. The Labute approximate surface area is 98.9 Å². The molecule has 0 atom stereocenters. The second kappa shape index (κ2) is 4.32. The minimum Gasteiger partial charge on any atom is -0.329 e. The van der Waals surface area contributed by atoms with E-state index in [1.165, 1.54) is 17.8 Å². The smallest absolute Gasteiger partial charge is 0.174 e. The van der Waals surface area contributed by atoms with Crippen molar-refractivity contribution in [2.45, 2.75) is 10.2 Å². The SMILES string of the molecule is Cn1ccnc1Sc1ncc(Br)cc1F. The zero-order valence-corrected chi connectivity index (χ0v) is 10.2. The molecule has 2 aromatic heterocycles. The monoisotopic (exact) mass is 287 g/mol. The Morgan fingerprint density at radius 3 is 2.87 bits per heavy atom. The Morgan fingerprint density at radius 2 is 2.27 bits per heavy atom. The van der Waals surface area contributed by atoms with Gasteiger partial charge in [0.1, 0.15) is 5.03 Å². The molecule has 0 aliphatic heterocycles. The van der Waals surface area contributed by atoms with E-state index in [9.17, 15) is 4.39 Å². The van der Waals surface area contributed by atoms with Gasteiger partial charge in [0.25, 0.3) is 0 Å². The van der Waals surface area contributed by atoms with Gasteiger partial charge in [-0.3, -0.25) is 0 Å². The minimum absolute atomic E-state index is 0.326. The maximum atomic E-state index is 13.4. The highest BCUT2D eigenvalue weighted by molar-refractivity contribution is 9.10. The van der Waals surface area contributed by atoms with Crippen molar-refractivity contribution >= 4 is 27.7 Å². The largest absolute Gasteiger partial charge is 0.329 e. The molecule has 0 aliphatic carbocycles. The molecule has 15 heavy (non-hydrogen) atoms. The molecule has 2 rings (SSSR count). The molecule has 0 aromatic carbocycles. The third kappa shape index (κ3) is 2.38. The van der Waals surface area contributed by atoms with Gasteiger partial charge in [0.2, 0.25) is 0 Å². The fourth-order valence-electron chi connectivity index (χ4n) is 1.01. The minimum atomic E-state index is -0.350. The number of nitrogens with zero attached hydrogens (tertiary/aromatic N) is 3. The maximum Gasteiger partial charge on any atom is 0.174 e. The average molecular weight is 288 g/mol. The van der Waals surface area contributed by atoms with Gasteiger partial charge in [-0.25, -0.2) is 14.4 Å². The lowest BCUT2D eigenvalue weighted by Crippen LogP contribution is -1.92. The summed E-state index contributed by atoms with van der Waals surface area (Å²) in [6.45, 7) is 0. The Bertz CT molecular complexity index is 486. The van der Waals surface area contributed by atoms with Crippen molar-refractivity contribution in [3.63, 3.8) is 0 Å². The molecule has 0 N–H and O–H groups in total. The normalized spacial score (nSPS) is 10.6. The number of hydrogen-bond donors (Lipinski definition) is 0. The van der Waals surface area contributed by atoms with Crippen LogP contribution in [0, 0.1) is 5.82 Å². The Morgan fingerprint density at radius 1 is 1.47 bits per heavy atom. The molecule has 6 heteroatoms. The van der Waals surface area contributed by atoms with E-state index in [0.717, 1.165) is 0 Å². The highest BCUT2D eigenvalue weighted by Crippen LogP contribution is 2.27. The quantitative estimate of drug-likeness (QED) is 0.851. The maximum absolute atomic E-state index is 13.4. The van der Waals surface area contributed by atoms with Crippen LogP contribution in [0.3, 0.4) is 0 Å². The van der Waals surface area contributed by atoms with Gasteiger partial charge in [-0.2, -0.15) is 0 Å². The van der Waals surface area contributed by atoms with Crippen LogP contribution in [0.25, 0.3) is 0 Å². The van der Waals surface area contributed by atoms with E-state index < -0.39 is 0 Å². The Kier molecular flexibility index (Phi) is 3.06. The number of hydrogen-bond acceptors (Lipinski definition) is 3. The van der Waals surface area contributed by atoms with Crippen molar-refractivity contribution in [1.82, 2.24) is 14.5 Å². The summed E-state index contributed by atoms with van der Waals surface area (Å²) in [6, 6.07) is 1.39. The molecular formula is C9H7BrFN3S. The van der Waals surface area contributed by atoms with Crippen LogP contribution in [0.5, 0.6) is 0 Å². The zero-order valence-electron chi connectivity index (χ0n) is 7.82. The first-order valence-corrected chi connectivity index (χ1v) is 5.74. The van der Waals surface area contributed by atoms with Crippen LogP contribution in [0.1, 0.15) is 0 Å². The predicted molar refractivity (Wildman–Crippen MR) is 59.2 cm³/mol. The lowest BCUT2D eigenvalue weighted by atomic mass is 10.5. The molecule has 78 valence electrons. The van der Waals surface area contributed by atoms with Crippen LogP contribution < -0.4 is 0 Å². The summed E-state index contributed by atoms with van der Waals surface area (Å²) >= 11 is 4.36. The molecule has 2 heterocycles. The molecule has 0 saturated heterocycles.